The van der Waals surface area contributed by atoms with Crippen LogP contribution in [-0.2, 0) is 24.4 Å². The van der Waals surface area contributed by atoms with Gasteiger partial charge in [0.25, 0.3) is 5.91 Å². The molecule has 0 fully saturated rings. The second-order valence-electron chi connectivity index (χ2n) is 4.17. The Balaban J connectivity index is 2.03. The van der Waals surface area contributed by atoms with E-state index in [4.69, 9.17) is 12.2 Å². The Hall–Kier alpha value is -1.80. The van der Waals surface area contributed by atoms with Crippen molar-refractivity contribution in [1.29, 1.82) is 0 Å². The van der Waals surface area contributed by atoms with Crippen molar-refractivity contribution in [2.75, 3.05) is 6.26 Å². The topological polar surface area (TPSA) is 79.8 Å². The van der Waals surface area contributed by atoms with Crippen molar-refractivity contribution in [3.05, 3.63) is 40.4 Å². The Kier molecular flexibility index (Phi) is 4.46. The molecule has 0 aliphatic carbocycles. The molecular weight excluding hydrogens is 296 g/mol. The van der Waals surface area contributed by atoms with Crippen LogP contribution in [0.2, 0.25) is 0 Å². The van der Waals surface area contributed by atoms with E-state index < -0.39 is 10.8 Å². The molecule has 2 N–H and O–H groups in total. The van der Waals surface area contributed by atoms with E-state index >= 15 is 0 Å². The number of hydrogen-bond donors (Lipinski definition) is 2. The first-order valence-corrected chi connectivity index (χ1v) is 7.77. The van der Waals surface area contributed by atoms with E-state index in [1.165, 1.54) is 0 Å². The van der Waals surface area contributed by atoms with Crippen molar-refractivity contribution in [3.8, 4) is 0 Å². The molecule has 106 valence electrons. The molecular formula is C12H14N4O2S2. The number of aromatic amines is 1. The van der Waals surface area contributed by atoms with Gasteiger partial charge in [0.1, 0.15) is 0 Å². The fourth-order valence-corrected chi connectivity index (χ4v) is 2.27. The van der Waals surface area contributed by atoms with Crippen LogP contribution in [0, 0.1) is 4.77 Å². The van der Waals surface area contributed by atoms with E-state index in [1.54, 1.807) is 42.1 Å². The van der Waals surface area contributed by atoms with Crippen LogP contribution < -0.4 is 5.32 Å². The van der Waals surface area contributed by atoms with Gasteiger partial charge in [-0.05, 0) is 36.5 Å². The molecule has 1 heterocycles. The quantitative estimate of drug-likeness (QED) is 0.830. The van der Waals surface area contributed by atoms with Crippen LogP contribution in [0.3, 0.4) is 0 Å². The summed E-state index contributed by atoms with van der Waals surface area (Å²) >= 11 is 4.99. The van der Waals surface area contributed by atoms with Crippen molar-refractivity contribution < 1.29 is 9.00 Å². The van der Waals surface area contributed by atoms with Gasteiger partial charge < -0.3 is 9.88 Å². The van der Waals surface area contributed by atoms with Gasteiger partial charge in [-0.3, -0.25) is 14.1 Å². The third-order valence-electron chi connectivity index (χ3n) is 2.83. The maximum Gasteiger partial charge on any atom is 0.251 e. The van der Waals surface area contributed by atoms with Crippen molar-refractivity contribution in [1.82, 2.24) is 20.1 Å². The number of H-pyrrole nitrogens is 1. The molecule has 1 unspecified atom stereocenters. The summed E-state index contributed by atoms with van der Waals surface area (Å²) in [6, 6.07) is 6.66. The van der Waals surface area contributed by atoms with Gasteiger partial charge in [-0.25, -0.2) is 0 Å². The van der Waals surface area contributed by atoms with Crippen LogP contribution in [0.25, 0.3) is 0 Å². The van der Waals surface area contributed by atoms with Gasteiger partial charge in [-0.15, -0.1) is 0 Å². The molecule has 1 aromatic carbocycles. The first-order chi connectivity index (χ1) is 9.49. The predicted octanol–water partition coefficient (Wildman–Crippen LogP) is 1.15. The standard InChI is InChI=1S/C12H14N4O2S2/c1-16-10(14-15-12(16)19)7-13-11(17)8-3-5-9(6-4-8)20(2)18/h3-6H,7H2,1-2H3,(H,13,17)(H,15,19). The number of aromatic nitrogens is 3. The second kappa shape index (κ2) is 6.10. The number of nitrogens with zero attached hydrogens (tertiary/aromatic N) is 2. The monoisotopic (exact) mass is 310 g/mol. The molecule has 0 spiro atoms. The Labute approximate surface area is 123 Å². The zero-order valence-electron chi connectivity index (χ0n) is 11.0. The molecule has 0 saturated heterocycles. The van der Waals surface area contributed by atoms with Crippen molar-refractivity contribution >= 4 is 28.9 Å². The Bertz CT molecular complexity index is 703. The smallest absolute Gasteiger partial charge is 0.251 e. The van der Waals surface area contributed by atoms with Gasteiger partial charge in [0, 0.05) is 34.6 Å². The van der Waals surface area contributed by atoms with Crippen molar-refractivity contribution in [2.45, 2.75) is 11.4 Å². The highest BCUT2D eigenvalue weighted by atomic mass is 32.2. The average molecular weight is 310 g/mol. The summed E-state index contributed by atoms with van der Waals surface area (Å²) in [6.07, 6.45) is 1.60. The Morgan fingerprint density at radius 1 is 1.45 bits per heavy atom. The van der Waals surface area contributed by atoms with Crippen LogP contribution in [0.1, 0.15) is 16.2 Å². The molecule has 6 nitrogen and oxygen atoms in total. The molecule has 0 radical (unpaired) electrons. The molecule has 2 rings (SSSR count). The van der Waals surface area contributed by atoms with Gasteiger partial charge in [0.2, 0.25) is 0 Å². The van der Waals surface area contributed by atoms with Crippen LogP contribution >= 0.6 is 12.2 Å². The fraction of sp³-hybridized carbons (Fsp3) is 0.250. The lowest BCUT2D eigenvalue weighted by Gasteiger charge is -2.05. The maximum absolute atomic E-state index is 12.0. The number of amides is 1. The van der Waals surface area contributed by atoms with Crippen LogP contribution in [0.4, 0.5) is 0 Å². The van der Waals surface area contributed by atoms with E-state index in [1.807, 2.05) is 0 Å². The van der Waals surface area contributed by atoms with Gasteiger partial charge in [0.05, 0.1) is 6.54 Å². The minimum Gasteiger partial charge on any atom is -0.345 e. The van der Waals surface area contributed by atoms with E-state index in [2.05, 4.69) is 15.5 Å². The van der Waals surface area contributed by atoms with Gasteiger partial charge >= 0.3 is 0 Å². The number of carbonyl (C=O) groups excluding carboxylic acids is 1. The summed E-state index contributed by atoms with van der Waals surface area (Å²) in [5, 5.41) is 9.41. The summed E-state index contributed by atoms with van der Waals surface area (Å²) in [5.74, 6) is 0.432. The summed E-state index contributed by atoms with van der Waals surface area (Å²) in [7, 11) is 0.731. The highest BCUT2D eigenvalue weighted by molar-refractivity contribution is 7.84. The van der Waals surface area contributed by atoms with Crippen LogP contribution in [0.5, 0.6) is 0 Å². The average Bonchev–Trinajstić information content (AvgIpc) is 2.76. The predicted molar refractivity (Wildman–Crippen MR) is 78.3 cm³/mol. The van der Waals surface area contributed by atoms with Crippen molar-refractivity contribution in [3.63, 3.8) is 0 Å². The highest BCUT2D eigenvalue weighted by Crippen LogP contribution is 2.07. The summed E-state index contributed by atoms with van der Waals surface area (Å²) in [5.41, 5.74) is 0.510. The molecule has 1 aromatic heterocycles. The minimum atomic E-state index is -1.04. The fourth-order valence-electron chi connectivity index (χ4n) is 1.60. The number of hydrogen-bond acceptors (Lipinski definition) is 4. The number of carbonyl (C=O) groups is 1. The van der Waals surface area contributed by atoms with Gasteiger partial charge in [-0.1, -0.05) is 0 Å². The molecule has 0 aliphatic rings. The molecule has 8 heteroatoms. The third-order valence-corrected chi connectivity index (χ3v) is 4.13. The molecule has 20 heavy (non-hydrogen) atoms. The summed E-state index contributed by atoms with van der Waals surface area (Å²) in [4.78, 5) is 12.6. The molecule has 0 bridgehead atoms. The number of rotatable bonds is 4. The lowest BCUT2D eigenvalue weighted by molar-refractivity contribution is 0.0949. The molecule has 1 atom stereocenters. The molecule has 0 aliphatic heterocycles. The highest BCUT2D eigenvalue weighted by Gasteiger charge is 2.08. The summed E-state index contributed by atoms with van der Waals surface area (Å²) in [6.45, 7) is 0.282. The zero-order chi connectivity index (χ0) is 14.7. The van der Waals surface area contributed by atoms with Gasteiger partial charge in [0.15, 0.2) is 10.6 Å². The molecule has 1 amide bonds. The third kappa shape index (κ3) is 3.20. The summed E-state index contributed by atoms with van der Waals surface area (Å²) < 4.78 is 13.5. The number of nitrogens with one attached hydrogen (secondary N) is 2. The van der Waals surface area contributed by atoms with E-state index in [0.29, 0.717) is 21.1 Å². The normalized spacial score (nSPS) is 12.1. The van der Waals surface area contributed by atoms with E-state index in [0.717, 1.165) is 0 Å². The maximum atomic E-state index is 12.0. The van der Waals surface area contributed by atoms with Crippen molar-refractivity contribution in [2.24, 2.45) is 7.05 Å². The van der Waals surface area contributed by atoms with Crippen LogP contribution in [-0.4, -0.2) is 31.1 Å². The lowest BCUT2D eigenvalue weighted by Crippen LogP contribution is -2.24. The largest absolute Gasteiger partial charge is 0.345 e. The minimum absolute atomic E-state index is 0.215. The lowest BCUT2D eigenvalue weighted by atomic mass is 10.2. The first-order valence-electron chi connectivity index (χ1n) is 5.81. The second-order valence-corrected chi connectivity index (χ2v) is 5.93. The Morgan fingerprint density at radius 3 is 2.60 bits per heavy atom. The zero-order valence-corrected chi connectivity index (χ0v) is 12.7. The first kappa shape index (κ1) is 14.6. The SMILES string of the molecule is Cn1c(CNC(=O)c2ccc(S(C)=O)cc2)n[nH]c1=S. The number of benzene rings is 1. The van der Waals surface area contributed by atoms with E-state index in [9.17, 15) is 9.00 Å². The van der Waals surface area contributed by atoms with Gasteiger partial charge in [-0.2, -0.15) is 5.10 Å². The Morgan fingerprint density at radius 2 is 2.10 bits per heavy atom. The van der Waals surface area contributed by atoms with E-state index in [-0.39, 0.29) is 12.5 Å². The van der Waals surface area contributed by atoms with Crippen LogP contribution in [0.15, 0.2) is 29.2 Å². The molecule has 2 aromatic rings. The molecule has 0 saturated carbocycles.